The van der Waals surface area contributed by atoms with Crippen molar-refractivity contribution in [3.05, 3.63) is 35.0 Å². The standard InChI is InChI=1S/C22H26ClN5O3/c1-12(2)8-17(21(30)26-15(11-24)9-14-6-7-25-20(14)29)28-22(31)18-10-13-4-3-5-16(23)19(13)27-18/h3-5,10,12,14-15,17,27H,6-9H2,1-2H3,(H,25,29)(H,26,30)(H,28,31)/t14?,15?,17-/m0/s1. The Hall–Kier alpha value is -3.05. The van der Waals surface area contributed by atoms with Crippen LogP contribution in [0.25, 0.3) is 10.9 Å². The van der Waals surface area contributed by atoms with E-state index in [9.17, 15) is 19.6 Å². The number of amides is 3. The fourth-order valence-corrected chi connectivity index (χ4v) is 3.98. The molecule has 3 atom stereocenters. The van der Waals surface area contributed by atoms with Gasteiger partial charge in [0.2, 0.25) is 11.8 Å². The van der Waals surface area contributed by atoms with E-state index in [0.29, 0.717) is 35.6 Å². The number of carbonyl (C=O) groups is 3. The molecule has 8 nitrogen and oxygen atoms in total. The van der Waals surface area contributed by atoms with Crippen molar-refractivity contribution in [1.82, 2.24) is 20.9 Å². The molecule has 1 aromatic heterocycles. The summed E-state index contributed by atoms with van der Waals surface area (Å²) in [7, 11) is 0. The summed E-state index contributed by atoms with van der Waals surface area (Å²) >= 11 is 6.17. The number of aromatic amines is 1. The summed E-state index contributed by atoms with van der Waals surface area (Å²) < 4.78 is 0. The molecule has 0 bridgehead atoms. The molecule has 1 fully saturated rings. The number of carbonyl (C=O) groups excluding carboxylic acids is 3. The Kier molecular flexibility index (Phi) is 7.18. The van der Waals surface area contributed by atoms with Crippen LogP contribution < -0.4 is 16.0 Å². The van der Waals surface area contributed by atoms with Crippen LogP contribution in [0.1, 0.15) is 43.6 Å². The molecule has 1 aliphatic heterocycles. The molecule has 2 aromatic rings. The Morgan fingerprint density at radius 2 is 2.10 bits per heavy atom. The summed E-state index contributed by atoms with van der Waals surface area (Å²) in [6.07, 6.45) is 1.29. The number of para-hydroxylation sites is 1. The first-order valence-corrected chi connectivity index (χ1v) is 10.7. The zero-order chi connectivity index (χ0) is 22.5. The van der Waals surface area contributed by atoms with E-state index < -0.39 is 23.9 Å². The second-order valence-electron chi connectivity index (χ2n) is 8.25. The van der Waals surface area contributed by atoms with E-state index >= 15 is 0 Å². The van der Waals surface area contributed by atoms with E-state index in [0.717, 1.165) is 5.39 Å². The number of hydrogen-bond acceptors (Lipinski definition) is 4. The van der Waals surface area contributed by atoms with Gasteiger partial charge in [0.25, 0.3) is 5.91 Å². The summed E-state index contributed by atoms with van der Waals surface area (Å²) in [6, 6.07) is 7.46. The van der Waals surface area contributed by atoms with Crippen molar-refractivity contribution < 1.29 is 14.4 Å². The minimum Gasteiger partial charge on any atom is -0.356 e. The van der Waals surface area contributed by atoms with Crippen molar-refractivity contribution in [2.75, 3.05) is 6.54 Å². The number of benzene rings is 1. The summed E-state index contributed by atoms with van der Waals surface area (Å²) in [5.41, 5.74) is 0.947. The van der Waals surface area contributed by atoms with Crippen molar-refractivity contribution in [2.45, 2.75) is 45.2 Å². The van der Waals surface area contributed by atoms with E-state index in [1.807, 2.05) is 19.9 Å². The lowest BCUT2D eigenvalue weighted by Crippen LogP contribution is -2.50. The summed E-state index contributed by atoms with van der Waals surface area (Å²) in [5.74, 6) is -1.13. The average molecular weight is 444 g/mol. The Morgan fingerprint density at radius 3 is 2.71 bits per heavy atom. The first-order chi connectivity index (χ1) is 14.8. The maximum atomic E-state index is 12.9. The molecule has 3 rings (SSSR count). The van der Waals surface area contributed by atoms with Gasteiger partial charge in [-0.25, -0.2) is 0 Å². The first-order valence-electron chi connectivity index (χ1n) is 10.3. The fourth-order valence-electron chi connectivity index (χ4n) is 3.75. The van der Waals surface area contributed by atoms with Gasteiger partial charge in [-0.05, 0) is 37.3 Å². The summed E-state index contributed by atoms with van der Waals surface area (Å²) in [6.45, 7) is 4.47. The Balaban J connectivity index is 1.70. The first kappa shape index (κ1) is 22.6. The van der Waals surface area contributed by atoms with Gasteiger partial charge in [-0.3, -0.25) is 14.4 Å². The molecule has 2 unspecified atom stereocenters. The fraction of sp³-hybridized carbons (Fsp3) is 0.455. The minimum atomic E-state index is -0.817. The molecule has 164 valence electrons. The average Bonchev–Trinajstić information content (AvgIpc) is 3.33. The van der Waals surface area contributed by atoms with E-state index in [2.05, 4.69) is 27.0 Å². The van der Waals surface area contributed by atoms with Crippen molar-refractivity contribution in [3.63, 3.8) is 0 Å². The van der Waals surface area contributed by atoms with Crippen LogP contribution in [-0.4, -0.2) is 41.3 Å². The number of H-pyrrole nitrogens is 1. The second kappa shape index (κ2) is 9.84. The van der Waals surface area contributed by atoms with Crippen LogP contribution >= 0.6 is 11.6 Å². The van der Waals surface area contributed by atoms with Crippen LogP contribution in [0.15, 0.2) is 24.3 Å². The number of rotatable bonds is 8. The van der Waals surface area contributed by atoms with Crippen molar-refractivity contribution >= 4 is 40.2 Å². The number of hydrogen-bond donors (Lipinski definition) is 4. The lowest BCUT2D eigenvalue weighted by atomic mass is 9.98. The van der Waals surface area contributed by atoms with Gasteiger partial charge < -0.3 is 20.9 Å². The van der Waals surface area contributed by atoms with Crippen molar-refractivity contribution in [1.29, 1.82) is 5.26 Å². The van der Waals surface area contributed by atoms with Crippen molar-refractivity contribution in [3.8, 4) is 6.07 Å². The molecule has 1 saturated heterocycles. The van der Waals surface area contributed by atoms with Gasteiger partial charge >= 0.3 is 0 Å². The number of nitrogens with one attached hydrogen (secondary N) is 4. The lowest BCUT2D eigenvalue weighted by Gasteiger charge is -2.22. The number of nitrogens with zero attached hydrogens (tertiary/aromatic N) is 1. The zero-order valence-corrected chi connectivity index (χ0v) is 18.3. The molecule has 31 heavy (non-hydrogen) atoms. The van der Waals surface area contributed by atoms with E-state index in [4.69, 9.17) is 11.6 Å². The van der Waals surface area contributed by atoms with Gasteiger partial charge in [0.15, 0.2) is 0 Å². The molecule has 3 amide bonds. The summed E-state index contributed by atoms with van der Waals surface area (Å²) in [5, 5.41) is 18.9. The van der Waals surface area contributed by atoms with Crippen molar-refractivity contribution in [2.24, 2.45) is 11.8 Å². The lowest BCUT2D eigenvalue weighted by molar-refractivity contribution is -0.125. The van der Waals surface area contributed by atoms with Crippen LogP contribution in [-0.2, 0) is 9.59 Å². The Morgan fingerprint density at radius 1 is 1.32 bits per heavy atom. The number of aromatic nitrogens is 1. The Labute approximate surface area is 185 Å². The highest BCUT2D eigenvalue weighted by Crippen LogP contribution is 2.23. The molecule has 0 aliphatic carbocycles. The number of halogens is 1. The molecular weight excluding hydrogens is 418 g/mol. The SMILES string of the molecule is CC(C)C[C@H](NC(=O)c1cc2cccc(Cl)c2[nH]1)C(=O)NC(C#N)CC1CCNC1=O. The Bertz CT molecular complexity index is 1030. The number of fused-ring (bicyclic) bond motifs is 1. The van der Waals surface area contributed by atoms with Crippen LogP contribution in [0.2, 0.25) is 5.02 Å². The topological polar surface area (TPSA) is 127 Å². The van der Waals surface area contributed by atoms with E-state index in [-0.39, 0.29) is 24.2 Å². The quantitative estimate of drug-likeness (QED) is 0.499. The molecule has 0 saturated carbocycles. The molecule has 4 N–H and O–H groups in total. The molecule has 1 aliphatic rings. The van der Waals surface area contributed by atoms with Gasteiger partial charge in [-0.2, -0.15) is 5.26 Å². The third-order valence-electron chi connectivity index (χ3n) is 5.33. The molecule has 1 aromatic carbocycles. The second-order valence-corrected chi connectivity index (χ2v) is 8.65. The van der Waals surface area contributed by atoms with Gasteiger partial charge in [-0.15, -0.1) is 0 Å². The largest absolute Gasteiger partial charge is 0.356 e. The van der Waals surface area contributed by atoms with Crippen LogP contribution in [0.5, 0.6) is 0 Å². The van der Waals surface area contributed by atoms with Crippen LogP contribution in [0.4, 0.5) is 0 Å². The normalized spacial score (nSPS) is 17.8. The van der Waals surface area contributed by atoms with E-state index in [1.54, 1.807) is 18.2 Å². The van der Waals surface area contributed by atoms with Crippen LogP contribution in [0, 0.1) is 23.2 Å². The zero-order valence-electron chi connectivity index (χ0n) is 17.5. The monoisotopic (exact) mass is 443 g/mol. The molecular formula is C22H26ClN5O3. The minimum absolute atomic E-state index is 0.0981. The van der Waals surface area contributed by atoms with Gasteiger partial charge in [-0.1, -0.05) is 37.6 Å². The van der Waals surface area contributed by atoms with Gasteiger partial charge in [0, 0.05) is 17.8 Å². The number of nitriles is 1. The predicted molar refractivity (Wildman–Crippen MR) is 117 cm³/mol. The van der Waals surface area contributed by atoms with E-state index in [1.165, 1.54) is 0 Å². The smallest absolute Gasteiger partial charge is 0.268 e. The molecule has 9 heteroatoms. The highest BCUT2D eigenvalue weighted by molar-refractivity contribution is 6.35. The van der Waals surface area contributed by atoms with Gasteiger partial charge in [0.1, 0.15) is 17.8 Å². The molecule has 0 spiro atoms. The maximum Gasteiger partial charge on any atom is 0.268 e. The third-order valence-corrected chi connectivity index (χ3v) is 5.65. The third kappa shape index (κ3) is 5.56. The maximum absolute atomic E-state index is 12.9. The highest BCUT2D eigenvalue weighted by Gasteiger charge is 2.30. The van der Waals surface area contributed by atoms with Gasteiger partial charge in [0.05, 0.1) is 16.6 Å². The highest BCUT2D eigenvalue weighted by atomic mass is 35.5. The molecule has 2 heterocycles. The predicted octanol–water partition coefficient (Wildman–Crippen LogP) is 2.50. The van der Waals surface area contributed by atoms with Crippen LogP contribution in [0.3, 0.4) is 0 Å². The summed E-state index contributed by atoms with van der Waals surface area (Å²) in [4.78, 5) is 40.5. The molecule has 0 radical (unpaired) electrons.